The zero-order valence-electron chi connectivity index (χ0n) is 14.9. The predicted octanol–water partition coefficient (Wildman–Crippen LogP) is 4.06. The normalized spacial score (nSPS) is 10.9. The monoisotopic (exact) mass is 395 g/mol. The number of hydrogen-bond acceptors (Lipinski definition) is 7. The average Bonchev–Trinajstić information content (AvgIpc) is 2.99. The van der Waals surface area contributed by atoms with E-state index in [1.165, 1.54) is 29.2 Å². The minimum atomic E-state index is -0.476. The van der Waals surface area contributed by atoms with Crippen LogP contribution < -0.4 is 5.32 Å². The van der Waals surface area contributed by atoms with Crippen LogP contribution >= 0.6 is 23.1 Å². The van der Waals surface area contributed by atoms with Crippen LogP contribution in [0.3, 0.4) is 0 Å². The fourth-order valence-corrected chi connectivity index (χ4v) is 3.93. The summed E-state index contributed by atoms with van der Waals surface area (Å²) in [5.74, 6) is -0.334. The Labute approximate surface area is 160 Å². The van der Waals surface area contributed by atoms with E-state index in [9.17, 15) is 14.9 Å². The third-order valence-electron chi connectivity index (χ3n) is 3.27. The van der Waals surface area contributed by atoms with Crippen LogP contribution in [0.1, 0.15) is 36.3 Å². The van der Waals surface area contributed by atoms with Crippen molar-refractivity contribution < 1.29 is 14.5 Å². The Bertz CT molecular complexity index is 777. The van der Waals surface area contributed by atoms with Crippen LogP contribution in [0.15, 0.2) is 32.8 Å². The molecule has 1 amide bonds. The lowest BCUT2D eigenvalue weighted by molar-refractivity contribution is -0.387. The number of nitrogens with zero attached hydrogens (tertiary/aromatic N) is 2. The number of aromatic nitrogens is 1. The number of thiazole rings is 1. The van der Waals surface area contributed by atoms with Crippen LogP contribution in [0.2, 0.25) is 0 Å². The van der Waals surface area contributed by atoms with Crippen LogP contribution in [0.5, 0.6) is 0 Å². The maximum Gasteiger partial charge on any atom is 0.284 e. The van der Waals surface area contributed by atoms with E-state index in [2.05, 4.69) is 10.3 Å². The van der Waals surface area contributed by atoms with E-state index < -0.39 is 4.92 Å². The first kappa shape index (κ1) is 20.3. The molecule has 1 N–H and O–H groups in total. The van der Waals surface area contributed by atoms with Crippen LogP contribution in [0.25, 0.3) is 0 Å². The number of aryl methyl sites for hydroxylation is 1. The molecule has 0 aliphatic carbocycles. The molecule has 2 aromatic rings. The van der Waals surface area contributed by atoms with E-state index in [0.717, 1.165) is 10.0 Å². The van der Waals surface area contributed by atoms with Crippen molar-refractivity contribution in [3.63, 3.8) is 0 Å². The van der Waals surface area contributed by atoms with E-state index in [4.69, 9.17) is 4.74 Å². The van der Waals surface area contributed by atoms with Crippen molar-refractivity contribution >= 4 is 34.7 Å². The summed E-state index contributed by atoms with van der Waals surface area (Å²) in [6.45, 7) is 6.78. The van der Waals surface area contributed by atoms with E-state index in [1.807, 2.05) is 26.2 Å². The van der Waals surface area contributed by atoms with Gasteiger partial charge in [-0.2, -0.15) is 0 Å². The van der Waals surface area contributed by atoms with Crippen LogP contribution in [0.4, 0.5) is 5.69 Å². The zero-order valence-corrected chi connectivity index (χ0v) is 16.5. The molecular weight excluding hydrogens is 374 g/mol. The second-order valence-corrected chi connectivity index (χ2v) is 7.97. The van der Waals surface area contributed by atoms with Crippen molar-refractivity contribution in [1.82, 2.24) is 10.3 Å². The van der Waals surface area contributed by atoms with Gasteiger partial charge in [0.25, 0.3) is 11.6 Å². The molecule has 0 spiro atoms. The van der Waals surface area contributed by atoms with Crippen LogP contribution in [0, 0.1) is 17.0 Å². The number of nitro groups is 1. The summed E-state index contributed by atoms with van der Waals surface area (Å²) in [4.78, 5) is 27.9. The zero-order chi connectivity index (χ0) is 19.1. The second-order valence-electron chi connectivity index (χ2n) is 5.83. The molecule has 26 heavy (non-hydrogen) atoms. The fourth-order valence-electron chi connectivity index (χ4n) is 2.06. The molecule has 0 radical (unpaired) electrons. The Morgan fingerprint density at radius 3 is 2.85 bits per heavy atom. The maximum atomic E-state index is 12.2. The van der Waals surface area contributed by atoms with Gasteiger partial charge < -0.3 is 10.1 Å². The summed E-state index contributed by atoms with van der Waals surface area (Å²) in [5.41, 5.74) is 1.04. The van der Waals surface area contributed by atoms with E-state index >= 15 is 0 Å². The summed E-state index contributed by atoms with van der Waals surface area (Å²) in [6, 6.07) is 4.49. The first-order valence-electron chi connectivity index (χ1n) is 8.15. The highest BCUT2D eigenvalue weighted by molar-refractivity contribution is 8.01. The highest BCUT2D eigenvalue weighted by Gasteiger charge is 2.19. The van der Waals surface area contributed by atoms with Crippen molar-refractivity contribution in [2.75, 3.05) is 13.2 Å². The summed E-state index contributed by atoms with van der Waals surface area (Å²) >= 11 is 2.66. The number of carbonyl (C=O) groups is 1. The van der Waals surface area contributed by atoms with Gasteiger partial charge in [-0.1, -0.05) is 11.8 Å². The van der Waals surface area contributed by atoms with Gasteiger partial charge in [0.05, 0.1) is 15.9 Å². The molecule has 1 aromatic carbocycles. The number of carbonyl (C=O) groups excluding carboxylic acids is 1. The van der Waals surface area contributed by atoms with Gasteiger partial charge in [-0.3, -0.25) is 14.9 Å². The molecular formula is C17H21N3O4S2. The molecule has 9 heteroatoms. The molecule has 1 aromatic heterocycles. The predicted molar refractivity (Wildman–Crippen MR) is 102 cm³/mol. The highest BCUT2D eigenvalue weighted by atomic mass is 32.2. The molecule has 0 saturated heterocycles. The number of rotatable bonds is 9. The lowest BCUT2D eigenvalue weighted by Gasteiger charge is -2.09. The van der Waals surface area contributed by atoms with Crippen LogP contribution in [-0.4, -0.2) is 35.1 Å². The lowest BCUT2D eigenvalue weighted by atomic mass is 10.2. The molecule has 0 bridgehead atoms. The first-order chi connectivity index (χ1) is 12.4. The quantitative estimate of drug-likeness (QED) is 0.391. The Kier molecular flexibility index (Phi) is 7.55. The number of ether oxygens (including phenoxy) is 1. The van der Waals surface area contributed by atoms with E-state index in [0.29, 0.717) is 24.5 Å². The highest BCUT2D eigenvalue weighted by Crippen LogP contribution is 2.36. The molecule has 0 unspecified atom stereocenters. The van der Waals surface area contributed by atoms with E-state index in [1.54, 1.807) is 12.1 Å². The van der Waals surface area contributed by atoms with Crippen molar-refractivity contribution in [2.24, 2.45) is 0 Å². The van der Waals surface area contributed by atoms with Gasteiger partial charge in [0.1, 0.15) is 0 Å². The SMILES string of the molecule is Cc1csc(Sc2ccc(C(=O)NCCCOC(C)C)cc2[N+](=O)[O-])n1. The van der Waals surface area contributed by atoms with Gasteiger partial charge in [0.2, 0.25) is 0 Å². The summed E-state index contributed by atoms with van der Waals surface area (Å²) in [7, 11) is 0. The smallest absolute Gasteiger partial charge is 0.284 e. The number of nitrogens with one attached hydrogen (secondary N) is 1. The standard InChI is InChI=1S/C17H21N3O4S2/c1-11(2)24-8-4-7-18-16(21)13-5-6-15(14(9-13)20(22)23)26-17-19-12(3)10-25-17/h5-6,9-11H,4,7-8H2,1-3H3,(H,18,21). The Hall–Kier alpha value is -1.97. The van der Waals surface area contributed by atoms with Crippen LogP contribution in [-0.2, 0) is 4.74 Å². The Morgan fingerprint density at radius 2 is 2.23 bits per heavy atom. The topological polar surface area (TPSA) is 94.4 Å². The maximum absolute atomic E-state index is 12.2. The third-order valence-corrected chi connectivity index (χ3v) is 5.39. The number of hydrogen-bond donors (Lipinski definition) is 1. The Balaban J connectivity index is 2.02. The summed E-state index contributed by atoms with van der Waals surface area (Å²) in [5, 5.41) is 16.0. The van der Waals surface area contributed by atoms with Crippen molar-refractivity contribution in [3.05, 3.63) is 45.0 Å². The number of nitro benzene ring substituents is 1. The lowest BCUT2D eigenvalue weighted by Crippen LogP contribution is -2.25. The molecule has 0 aliphatic heterocycles. The first-order valence-corrected chi connectivity index (χ1v) is 9.84. The van der Waals surface area contributed by atoms with Gasteiger partial charge >= 0.3 is 0 Å². The van der Waals surface area contributed by atoms with E-state index in [-0.39, 0.29) is 23.3 Å². The largest absolute Gasteiger partial charge is 0.379 e. The summed E-state index contributed by atoms with van der Waals surface area (Å²) < 4.78 is 6.14. The minimum Gasteiger partial charge on any atom is -0.379 e. The number of benzene rings is 1. The molecule has 7 nitrogen and oxygen atoms in total. The van der Waals surface area contributed by atoms with Crippen molar-refractivity contribution in [3.8, 4) is 0 Å². The van der Waals surface area contributed by atoms with Gasteiger partial charge in [0, 0.05) is 35.9 Å². The molecule has 0 fully saturated rings. The average molecular weight is 396 g/mol. The molecule has 0 aliphatic rings. The molecule has 1 heterocycles. The summed E-state index contributed by atoms with van der Waals surface area (Å²) in [6.07, 6.45) is 0.837. The van der Waals surface area contributed by atoms with Crippen molar-refractivity contribution in [2.45, 2.75) is 42.5 Å². The number of amides is 1. The Morgan fingerprint density at radius 1 is 1.46 bits per heavy atom. The molecule has 140 valence electrons. The third kappa shape index (κ3) is 6.08. The van der Waals surface area contributed by atoms with Gasteiger partial charge in [-0.05, 0) is 39.3 Å². The van der Waals surface area contributed by atoms with Crippen molar-refractivity contribution in [1.29, 1.82) is 0 Å². The minimum absolute atomic E-state index is 0.0985. The van der Waals surface area contributed by atoms with Gasteiger partial charge in [-0.25, -0.2) is 4.98 Å². The van der Waals surface area contributed by atoms with Gasteiger partial charge in [-0.15, -0.1) is 11.3 Å². The molecule has 0 atom stereocenters. The molecule has 0 saturated carbocycles. The van der Waals surface area contributed by atoms with Gasteiger partial charge in [0.15, 0.2) is 4.34 Å². The fraction of sp³-hybridized carbons (Fsp3) is 0.412. The molecule has 2 rings (SSSR count). The second kappa shape index (κ2) is 9.65.